The first-order valence-corrected chi connectivity index (χ1v) is 10.1. The summed E-state index contributed by atoms with van der Waals surface area (Å²) in [5, 5.41) is 3.39. The Balaban J connectivity index is 0.00000280. The number of halogens is 1. The second-order valence-electron chi connectivity index (χ2n) is 7.25. The van der Waals surface area contributed by atoms with Gasteiger partial charge in [0, 0.05) is 64.1 Å². The lowest BCUT2D eigenvalue weighted by Crippen LogP contribution is -2.53. The number of rotatable bonds is 4. The minimum Gasteiger partial charge on any atom is -0.333 e. The highest BCUT2D eigenvalue weighted by molar-refractivity contribution is 5.85. The third-order valence-electron chi connectivity index (χ3n) is 5.74. The Kier molecular flexibility index (Phi) is 8.51. The number of carbonyl (C=O) groups excluding carboxylic acids is 2. The van der Waals surface area contributed by atoms with Crippen LogP contribution in [-0.2, 0) is 4.79 Å². The molecule has 0 radical (unpaired) electrons. The zero-order valence-corrected chi connectivity index (χ0v) is 17.7. The molecule has 0 bridgehead atoms. The van der Waals surface area contributed by atoms with Crippen LogP contribution in [0, 0.1) is 5.92 Å². The fourth-order valence-electron chi connectivity index (χ4n) is 4.09. The van der Waals surface area contributed by atoms with E-state index in [0.717, 1.165) is 51.1 Å². The van der Waals surface area contributed by atoms with Crippen molar-refractivity contribution in [2.75, 3.05) is 45.8 Å². The van der Waals surface area contributed by atoms with E-state index >= 15 is 0 Å². The van der Waals surface area contributed by atoms with Crippen LogP contribution < -0.4 is 5.32 Å². The highest BCUT2D eigenvalue weighted by Gasteiger charge is 2.35. The van der Waals surface area contributed by atoms with Gasteiger partial charge in [-0.2, -0.15) is 0 Å². The topological polar surface area (TPSA) is 68.8 Å². The number of piperazine rings is 1. The molecule has 8 heteroatoms. The smallest absolute Gasteiger partial charge is 0.319 e. The summed E-state index contributed by atoms with van der Waals surface area (Å²) in [6, 6.07) is 4.09. The van der Waals surface area contributed by atoms with Crippen LogP contribution in [0.2, 0.25) is 0 Å². The van der Waals surface area contributed by atoms with E-state index in [2.05, 4.69) is 10.3 Å². The van der Waals surface area contributed by atoms with Crippen molar-refractivity contribution in [3.63, 3.8) is 0 Å². The molecule has 1 atom stereocenters. The SMILES string of the molecule is CCN(CC)C(=O)N1CCC(C(=O)N2CCNCC2c2cccnc2)CC1.Cl. The van der Waals surface area contributed by atoms with Crippen LogP contribution in [0.4, 0.5) is 4.79 Å². The van der Waals surface area contributed by atoms with Crippen molar-refractivity contribution in [3.05, 3.63) is 30.1 Å². The summed E-state index contributed by atoms with van der Waals surface area (Å²) in [4.78, 5) is 35.7. The molecule has 1 unspecified atom stereocenters. The molecule has 1 aromatic rings. The zero-order valence-electron chi connectivity index (χ0n) is 16.8. The molecular formula is C20H32ClN5O2. The third kappa shape index (κ3) is 4.94. The Hall–Kier alpha value is -1.86. The minimum absolute atomic E-state index is 0. The van der Waals surface area contributed by atoms with Crippen LogP contribution in [0.5, 0.6) is 0 Å². The van der Waals surface area contributed by atoms with Crippen molar-refractivity contribution >= 4 is 24.3 Å². The van der Waals surface area contributed by atoms with E-state index in [-0.39, 0.29) is 36.3 Å². The number of nitrogens with zero attached hydrogens (tertiary/aromatic N) is 4. The molecule has 0 aliphatic carbocycles. The fraction of sp³-hybridized carbons (Fsp3) is 0.650. The van der Waals surface area contributed by atoms with E-state index in [0.29, 0.717) is 13.1 Å². The Morgan fingerprint density at radius 1 is 1.21 bits per heavy atom. The molecule has 28 heavy (non-hydrogen) atoms. The first-order valence-electron chi connectivity index (χ1n) is 10.1. The number of nitrogens with one attached hydrogen (secondary N) is 1. The van der Waals surface area contributed by atoms with Gasteiger partial charge in [-0.15, -0.1) is 12.4 Å². The number of hydrogen-bond acceptors (Lipinski definition) is 4. The molecule has 1 N–H and O–H groups in total. The van der Waals surface area contributed by atoms with E-state index in [4.69, 9.17) is 0 Å². The lowest BCUT2D eigenvalue weighted by molar-refractivity contribution is -0.140. The summed E-state index contributed by atoms with van der Waals surface area (Å²) in [6.45, 7) is 9.07. The molecule has 2 aliphatic rings. The monoisotopic (exact) mass is 409 g/mol. The predicted octanol–water partition coefficient (Wildman–Crippen LogP) is 2.15. The number of carbonyl (C=O) groups is 2. The normalized spacial score (nSPS) is 20.4. The molecule has 0 spiro atoms. The summed E-state index contributed by atoms with van der Waals surface area (Å²) in [6.07, 6.45) is 5.10. The minimum atomic E-state index is 0. The van der Waals surface area contributed by atoms with Crippen molar-refractivity contribution in [1.29, 1.82) is 0 Å². The van der Waals surface area contributed by atoms with E-state index in [1.165, 1.54) is 0 Å². The quantitative estimate of drug-likeness (QED) is 0.827. The number of likely N-dealkylation sites (tertiary alicyclic amines) is 1. The first-order chi connectivity index (χ1) is 13.2. The standard InChI is InChI=1S/C20H31N5O2.ClH/c1-3-23(4-2)20(27)24-11-7-16(8-12-24)19(26)25-13-10-22-15-18(25)17-6-5-9-21-14-17;/h5-6,9,14,16,18,22H,3-4,7-8,10-13,15H2,1-2H3;1H. The largest absolute Gasteiger partial charge is 0.333 e. The molecule has 2 aliphatic heterocycles. The number of amides is 3. The molecule has 156 valence electrons. The Labute approximate surface area is 173 Å². The second kappa shape index (κ2) is 10.6. The molecule has 3 rings (SSSR count). The third-order valence-corrected chi connectivity index (χ3v) is 5.74. The van der Waals surface area contributed by atoms with Crippen molar-refractivity contribution in [3.8, 4) is 0 Å². The zero-order chi connectivity index (χ0) is 19.2. The van der Waals surface area contributed by atoms with E-state index in [1.807, 2.05) is 46.9 Å². The van der Waals surface area contributed by atoms with Gasteiger partial charge in [0.05, 0.1) is 6.04 Å². The van der Waals surface area contributed by atoms with Crippen molar-refractivity contribution in [2.45, 2.75) is 32.7 Å². The lowest BCUT2D eigenvalue weighted by atomic mass is 9.93. The van der Waals surface area contributed by atoms with E-state index in [1.54, 1.807) is 6.20 Å². The molecule has 3 amide bonds. The number of urea groups is 1. The van der Waals surface area contributed by atoms with E-state index in [9.17, 15) is 9.59 Å². The van der Waals surface area contributed by atoms with Gasteiger partial charge in [-0.3, -0.25) is 9.78 Å². The maximum atomic E-state index is 13.2. The predicted molar refractivity (Wildman–Crippen MR) is 111 cm³/mol. The van der Waals surface area contributed by atoms with Crippen molar-refractivity contribution < 1.29 is 9.59 Å². The number of hydrogen-bond donors (Lipinski definition) is 1. The lowest BCUT2D eigenvalue weighted by Gasteiger charge is -2.41. The van der Waals surface area contributed by atoms with Gasteiger partial charge in [-0.25, -0.2) is 4.79 Å². The molecule has 2 saturated heterocycles. The maximum absolute atomic E-state index is 13.2. The summed E-state index contributed by atoms with van der Waals surface area (Å²) in [7, 11) is 0. The van der Waals surface area contributed by atoms with Crippen molar-refractivity contribution in [2.24, 2.45) is 5.92 Å². The fourth-order valence-corrected chi connectivity index (χ4v) is 4.09. The van der Waals surface area contributed by atoms with Gasteiger partial charge in [0.25, 0.3) is 0 Å². The molecule has 0 saturated carbocycles. The summed E-state index contributed by atoms with van der Waals surface area (Å²) in [5.74, 6) is 0.225. The first kappa shape index (κ1) is 22.4. The highest BCUT2D eigenvalue weighted by Crippen LogP contribution is 2.27. The van der Waals surface area contributed by atoms with Gasteiger partial charge >= 0.3 is 6.03 Å². The summed E-state index contributed by atoms with van der Waals surface area (Å²) >= 11 is 0. The molecule has 3 heterocycles. The van der Waals surface area contributed by atoms with Crippen LogP contribution in [0.1, 0.15) is 38.3 Å². The number of aromatic nitrogens is 1. The number of pyridine rings is 1. The molecule has 1 aromatic heterocycles. The van der Waals surface area contributed by atoms with Crippen LogP contribution in [0.25, 0.3) is 0 Å². The Bertz CT molecular complexity index is 633. The van der Waals surface area contributed by atoms with Gasteiger partial charge in [0.15, 0.2) is 0 Å². The molecular weight excluding hydrogens is 378 g/mol. The Morgan fingerprint density at radius 2 is 1.93 bits per heavy atom. The average Bonchev–Trinajstić information content (AvgIpc) is 2.75. The van der Waals surface area contributed by atoms with Crippen LogP contribution in [0.15, 0.2) is 24.5 Å². The van der Waals surface area contributed by atoms with Crippen LogP contribution >= 0.6 is 12.4 Å². The second-order valence-corrected chi connectivity index (χ2v) is 7.25. The van der Waals surface area contributed by atoms with Gasteiger partial charge in [-0.05, 0) is 38.3 Å². The van der Waals surface area contributed by atoms with Gasteiger partial charge < -0.3 is 20.0 Å². The highest BCUT2D eigenvalue weighted by atomic mass is 35.5. The summed E-state index contributed by atoms with van der Waals surface area (Å²) < 4.78 is 0. The van der Waals surface area contributed by atoms with Crippen molar-refractivity contribution in [1.82, 2.24) is 25.0 Å². The van der Waals surface area contributed by atoms with Gasteiger partial charge in [0.2, 0.25) is 5.91 Å². The van der Waals surface area contributed by atoms with Crippen LogP contribution in [-0.4, -0.2) is 77.4 Å². The average molecular weight is 410 g/mol. The van der Waals surface area contributed by atoms with E-state index < -0.39 is 0 Å². The van der Waals surface area contributed by atoms with Crippen LogP contribution in [0.3, 0.4) is 0 Å². The maximum Gasteiger partial charge on any atom is 0.319 e. The number of piperidine rings is 1. The molecule has 7 nitrogen and oxygen atoms in total. The van der Waals surface area contributed by atoms with Gasteiger partial charge in [0.1, 0.15) is 0 Å². The summed E-state index contributed by atoms with van der Waals surface area (Å²) in [5.41, 5.74) is 1.08. The molecule has 2 fully saturated rings. The van der Waals surface area contributed by atoms with Gasteiger partial charge in [-0.1, -0.05) is 6.07 Å². The Morgan fingerprint density at radius 3 is 2.54 bits per heavy atom. The molecule has 0 aromatic carbocycles.